The molecule has 7 nitrogen and oxygen atoms in total. The van der Waals surface area contributed by atoms with Crippen LogP contribution >= 0.6 is 0 Å². The second-order valence-corrected chi connectivity index (χ2v) is 4.33. The first-order valence-corrected chi connectivity index (χ1v) is 7.33. The number of rotatable bonds is 5. The number of oxazole rings is 2. The van der Waals surface area contributed by atoms with Crippen molar-refractivity contribution in [2.75, 3.05) is 20.2 Å². The Bertz CT molecular complexity index is 666. The van der Waals surface area contributed by atoms with Crippen LogP contribution in [0.15, 0.2) is 76.5 Å². The normalized spacial score (nSPS) is 10.2. The molecule has 0 radical (unpaired) electrons. The maximum absolute atomic E-state index is 12.3. The molecule has 0 fully saturated rings. The molecule has 0 aliphatic carbocycles. The van der Waals surface area contributed by atoms with Crippen LogP contribution in [-0.4, -0.2) is 30.2 Å². The highest BCUT2D eigenvalue weighted by molar-refractivity contribution is 5.58. The third kappa shape index (κ3) is 7.42. The van der Waals surface area contributed by atoms with Gasteiger partial charge in [-0.2, -0.15) is 0 Å². The number of hydrogen-bond acceptors (Lipinski definition) is 7. The van der Waals surface area contributed by atoms with E-state index in [0.29, 0.717) is 17.7 Å². The van der Waals surface area contributed by atoms with Gasteiger partial charge in [0.2, 0.25) is 0 Å². The molecule has 0 atom stereocenters. The van der Waals surface area contributed by atoms with Gasteiger partial charge in [-0.25, -0.2) is 14.4 Å². The molecule has 0 aliphatic rings. The van der Waals surface area contributed by atoms with Crippen LogP contribution in [0, 0.1) is 0 Å². The average Bonchev–Trinajstić information content (AvgIpc) is 3.41. The van der Waals surface area contributed by atoms with Crippen LogP contribution in [0.1, 0.15) is 0 Å². The third-order valence-electron chi connectivity index (χ3n) is 2.77. The molecule has 1 aromatic carbocycles. The zero-order chi connectivity index (χ0) is 18.3. The van der Waals surface area contributed by atoms with Crippen molar-refractivity contribution in [1.29, 1.82) is 0 Å². The van der Waals surface area contributed by atoms with Crippen molar-refractivity contribution >= 4 is 0 Å². The third-order valence-corrected chi connectivity index (χ3v) is 2.77. The van der Waals surface area contributed by atoms with Gasteiger partial charge in [-0.1, -0.05) is 0 Å². The highest BCUT2D eigenvalue weighted by Gasteiger charge is 2.02. The van der Waals surface area contributed by atoms with Gasteiger partial charge < -0.3 is 25.0 Å². The molecule has 0 saturated heterocycles. The van der Waals surface area contributed by atoms with E-state index in [-0.39, 0.29) is 13.2 Å². The van der Waals surface area contributed by atoms with E-state index in [1.165, 1.54) is 26.1 Å². The monoisotopic (exact) mass is 348 g/mol. The Morgan fingerprint density at radius 2 is 1.96 bits per heavy atom. The van der Waals surface area contributed by atoms with E-state index < -0.39 is 0 Å². The number of aromatic nitrogens is 2. The van der Waals surface area contributed by atoms with Crippen molar-refractivity contribution in [2.24, 2.45) is 11.5 Å². The van der Waals surface area contributed by atoms with Crippen LogP contribution in [0.3, 0.4) is 0 Å². The van der Waals surface area contributed by atoms with Crippen molar-refractivity contribution < 1.29 is 18.0 Å². The van der Waals surface area contributed by atoms with Crippen molar-refractivity contribution in [3.63, 3.8) is 0 Å². The van der Waals surface area contributed by atoms with Gasteiger partial charge in [0.1, 0.15) is 30.6 Å². The Morgan fingerprint density at radius 1 is 1.20 bits per heavy atom. The maximum atomic E-state index is 12.3. The zero-order valence-corrected chi connectivity index (χ0v) is 13.8. The molecule has 0 spiro atoms. The predicted octanol–water partition coefficient (Wildman–Crippen LogP) is 2.78. The van der Waals surface area contributed by atoms with Crippen LogP contribution in [-0.2, 0) is 0 Å². The fraction of sp³-hybridized carbons (Fsp3) is 0.176. The Morgan fingerprint density at radius 3 is 2.40 bits per heavy atom. The quantitative estimate of drug-likeness (QED) is 0.729. The van der Waals surface area contributed by atoms with E-state index in [0.717, 1.165) is 11.3 Å². The lowest BCUT2D eigenvalue weighted by Crippen LogP contribution is -2.10. The Balaban J connectivity index is 0.000000376. The lowest BCUT2D eigenvalue weighted by Gasteiger charge is -2.07. The Kier molecular flexibility index (Phi) is 10.00. The predicted molar refractivity (Wildman–Crippen MR) is 92.3 cm³/mol. The molecule has 0 amide bonds. The van der Waals surface area contributed by atoms with Gasteiger partial charge in [0.15, 0.2) is 12.8 Å². The summed E-state index contributed by atoms with van der Waals surface area (Å²) in [7, 11) is 1.50. The first kappa shape index (κ1) is 20.1. The van der Waals surface area contributed by atoms with E-state index in [4.69, 9.17) is 14.9 Å². The van der Waals surface area contributed by atoms with Gasteiger partial charge >= 0.3 is 0 Å². The maximum Gasteiger partial charge on any atom is 0.181 e. The molecule has 2 heterocycles. The zero-order valence-electron chi connectivity index (χ0n) is 13.8. The molecule has 3 aromatic rings. The van der Waals surface area contributed by atoms with Crippen molar-refractivity contribution in [2.45, 2.75) is 0 Å². The molecule has 25 heavy (non-hydrogen) atoms. The SMILES string of the molecule is CN.NC/C(=C\F)COc1ccc(-c2cocn2)cc1.c1cocn1. The summed E-state index contributed by atoms with van der Waals surface area (Å²) in [4.78, 5) is 7.59. The average molecular weight is 348 g/mol. The van der Waals surface area contributed by atoms with E-state index in [1.54, 1.807) is 24.6 Å². The Labute approximate surface area is 145 Å². The summed E-state index contributed by atoms with van der Waals surface area (Å²) < 4.78 is 27.0. The second-order valence-electron chi connectivity index (χ2n) is 4.33. The summed E-state index contributed by atoms with van der Waals surface area (Å²) >= 11 is 0. The molecule has 4 N–H and O–H groups in total. The first-order valence-electron chi connectivity index (χ1n) is 7.33. The number of nitrogens with zero attached hydrogens (tertiary/aromatic N) is 2. The van der Waals surface area contributed by atoms with E-state index >= 15 is 0 Å². The molecule has 3 rings (SSSR count). The highest BCUT2D eigenvalue weighted by atomic mass is 19.1. The number of nitrogens with two attached hydrogens (primary N) is 2. The Hall–Kier alpha value is -2.97. The molecular formula is C17H21FN4O3. The molecular weight excluding hydrogens is 327 g/mol. The fourth-order valence-electron chi connectivity index (χ4n) is 1.56. The molecule has 0 unspecified atom stereocenters. The molecule has 8 heteroatoms. The first-order chi connectivity index (χ1) is 12.3. The van der Waals surface area contributed by atoms with Crippen LogP contribution in [0.5, 0.6) is 5.75 Å². The summed E-state index contributed by atoms with van der Waals surface area (Å²) in [6, 6.07) is 7.29. The summed E-state index contributed by atoms with van der Waals surface area (Å²) in [5.74, 6) is 0.648. The van der Waals surface area contributed by atoms with Gasteiger partial charge in [0.05, 0.1) is 12.5 Å². The number of ether oxygens (including phenoxy) is 1. The number of benzene rings is 1. The van der Waals surface area contributed by atoms with Crippen LogP contribution in [0.4, 0.5) is 4.39 Å². The van der Waals surface area contributed by atoms with Gasteiger partial charge in [0.25, 0.3) is 0 Å². The van der Waals surface area contributed by atoms with E-state index in [9.17, 15) is 4.39 Å². The molecule has 0 bridgehead atoms. The van der Waals surface area contributed by atoms with Crippen LogP contribution in [0.25, 0.3) is 11.3 Å². The minimum absolute atomic E-state index is 0.146. The second kappa shape index (κ2) is 12.5. The smallest absolute Gasteiger partial charge is 0.181 e. The molecule has 0 saturated carbocycles. The lowest BCUT2D eigenvalue weighted by molar-refractivity contribution is 0.347. The van der Waals surface area contributed by atoms with E-state index in [1.807, 2.05) is 12.1 Å². The van der Waals surface area contributed by atoms with Gasteiger partial charge in [-0.3, -0.25) is 0 Å². The standard InChI is InChI=1S/C13H13FN2O2.C3H3NO.CH5N/c14-5-10(6-15)7-18-12-3-1-11(2-4-12)13-8-17-9-16-13;1-2-5-3-4-1;1-2/h1-5,8-9H,6-7,15H2;1-3H;2H2,1H3/b10-5+;;. The lowest BCUT2D eigenvalue weighted by atomic mass is 10.2. The molecule has 134 valence electrons. The van der Waals surface area contributed by atoms with Crippen LogP contribution in [0.2, 0.25) is 0 Å². The minimum Gasteiger partial charge on any atom is -0.489 e. The minimum atomic E-state index is 0.146. The van der Waals surface area contributed by atoms with Crippen molar-refractivity contribution in [3.8, 4) is 17.0 Å². The summed E-state index contributed by atoms with van der Waals surface area (Å²) in [6.07, 6.45) is 7.89. The largest absolute Gasteiger partial charge is 0.489 e. The summed E-state index contributed by atoms with van der Waals surface area (Å²) in [6.45, 7) is 0.295. The van der Waals surface area contributed by atoms with Gasteiger partial charge in [-0.15, -0.1) is 0 Å². The molecule has 2 aromatic heterocycles. The highest BCUT2D eigenvalue weighted by Crippen LogP contribution is 2.20. The van der Waals surface area contributed by atoms with Crippen molar-refractivity contribution in [3.05, 3.63) is 67.7 Å². The molecule has 0 aliphatic heterocycles. The summed E-state index contributed by atoms with van der Waals surface area (Å²) in [5.41, 5.74) is 11.9. The number of hydrogen-bond donors (Lipinski definition) is 2. The number of halogens is 1. The topological polar surface area (TPSA) is 113 Å². The fourth-order valence-corrected chi connectivity index (χ4v) is 1.56. The van der Waals surface area contributed by atoms with E-state index in [2.05, 4.69) is 20.1 Å². The van der Waals surface area contributed by atoms with Crippen molar-refractivity contribution in [1.82, 2.24) is 9.97 Å². The van der Waals surface area contributed by atoms with Crippen LogP contribution < -0.4 is 16.2 Å². The summed E-state index contributed by atoms with van der Waals surface area (Å²) in [5, 5.41) is 0. The van der Waals surface area contributed by atoms with Gasteiger partial charge in [-0.05, 0) is 31.3 Å². The van der Waals surface area contributed by atoms with Gasteiger partial charge in [0, 0.05) is 17.7 Å².